The lowest BCUT2D eigenvalue weighted by Crippen LogP contribution is -2.05. The Kier molecular flexibility index (Phi) is 2.92. The number of aryl methyl sites for hydroxylation is 1. The Bertz CT molecular complexity index is 504. The predicted molar refractivity (Wildman–Crippen MR) is 63.0 cm³/mol. The van der Waals surface area contributed by atoms with Crippen molar-refractivity contribution in [2.45, 2.75) is 26.7 Å². The van der Waals surface area contributed by atoms with Crippen molar-refractivity contribution >= 4 is 11.6 Å². The van der Waals surface area contributed by atoms with Gasteiger partial charge in [0.15, 0.2) is 0 Å². The second kappa shape index (κ2) is 4.22. The summed E-state index contributed by atoms with van der Waals surface area (Å²) < 4.78 is 1.84. The number of nitrogens with zero attached hydrogens (tertiary/aromatic N) is 4. The molecule has 16 heavy (non-hydrogen) atoms. The smallest absolute Gasteiger partial charge is 0.229 e. The molecule has 0 bridgehead atoms. The summed E-state index contributed by atoms with van der Waals surface area (Å²) in [5.74, 6) is 1.11. The average Bonchev–Trinajstić information content (AvgIpc) is 2.61. The largest absolute Gasteiger partial charge is 0.268 e. The highest BCUT2D eigenvalue weighted by molar-refractivity contribution is 6.28. The molecule has 0 atom stereocenters. The Morgan fingerprint density at radius 1 is 1.31 bits per heavy atom. The highest BCUT2D eigenvalue weighted by Crippen LogP contribution is 2.23. The number of rotatable bonds is 2. The van der Waals surface area contributed by atoms with Gasteiger partial charge in [0.1, 0.15) is 5.82 Å². The maximum atomic E-state index is 6.06. The Morgan fingerprint density at radius 3 is 2.69 bits per heavy atom. The van der Waals surface area contributed by atoms with E-state index in [-0.39, 0.29) is 5.92 Å². The van der Waals surface area contributed by atoms with Gasteiger partial charge in [-0.15, -0.1) is 10.2 Å². The SMILES string of the molecule is Cc1ccncc1-n1c(Cl)nnc1C(C)C. The summed E-state index contributed by atoms with van der Waals surface area (Å²) in [4.78, 5) is 4.11. The molecule has 0 unspecified atom stereocenters. The van der Waals surface area contributed by atoms with Crippen molar-refractivity contribution < 1.29 is 0 Å². The van der Waals surface area contributed by atoms with E-state index in [4.69, 9.17) is 11.6 Å². The number of aromatic nitrogens is 4. The quantitative estimate of drug-likeness (QED) is 0.805. The zero-order chi connectivity index (χ0) is 11.7. The van der Waals surface area contributed by atoms with Crippen LogP contribution < -0.4 is 0 Å². The van der Waals surface area contributed by atoms with Crippen molar-refractivity contribution in [3.05, 3.63) is 35.1 Å². The molecule has 0 fully saturated rings. The summed E-state index contributed by atoms with van der Waals surface area (Å²) in [6.07, 6.45) is 3.53. The van der Waals surface area contributed by atoms with Crippen LogP contribution >= 0.6 is 11.6 Å². The standard InChI is InChI=1S/C11H13ClN4/c1-7(2)10-14-15-11(12)16(10)9-6-13-5-4-8(9)3/h4-7H,1-3H3. The first-order valence-electron chi connectivity index (χ1n) is 5.13. The third-order valence-electron chi connectivity index (χ3n) is 2.42. The summed E-state index contributed by atoms with van der Waals surface area (Å²) in [7, 11) is 0. The maximum absolute atomic E-state index is 6.06. The molecular formula is C11H13ClN4. The van der Waals surface area contributed by atoms with Crippen molar-refractivity contribution in [3.63, 3.8) is 0 Å². The third kappa shape index (κ3) is 1.80. The van der Waals surface area contributed by atoms with E-state index in [1.807, 2.05) is 17.6 Å². The van der Waals surface area contributed by atoms with Crippen molar-refractivity contribution in [1.82, 2.24) is 19.7 Å². The maximum Gasteiger partial charge on any atom is 0.229 e. The molecular weight excluding hydrogens is 224 g/mol. The Balaban J connectivity index is 2.64. The van der Waals surface area contributed by atoms with E-state index in [1.54, 1.807) is 12.4 Å². The van der Waals surface area contributed by atoms with Crippen LogP contribution in [0.4, 0.5) is 0 Å². The topological polar surface area (TPSA) is 43.6 Å². The van der Waals surface area contributed by atoms with Crippen LogP contribution in [0.15, 0.2) is 18.5 Å². The molecule has 5 heteroatoms. The second-order valence-corrected chi connectivity index (χ2v) is 4.32. The minimum absolute atomic E-state index is 0.264. The highest BCUT2D eigenvalue weighted by Gasteiger charge is 2.16. The predicted octanol–water partition coefficient (Wildman–Crippen LogP) is 2.75. The molecule has 0 saturated carbocycles. The number of halogens is 1. The second-order valence-electron chi connectivity index (χ2n) is 3.98. The zero-order valence-corrected chi connectivity index (χ0v) is 10.2. The van der Waals surface area contributed by atoms with Gasteiger partial charge in [0, 0.05) is 12.1 Å². The monoisotopic (exact) mass is 236 g/mol. The van der Waals surface area contributed by atoms with Gasteiger partial charge < -0.3 is 0 Å². The molecule has 2 aromatic heterocycles. The van der Waals surface area contributed by atoms with Crippen LogP contribution in [-0.2, 0) is 0 Å². The molecule has 0 amide bonds. The van der Waals surface area contributed by atoms with Gasteiger partial charge >= 0.3 is 0 Å². The molecule has 0 saturated heterocycles. The van der Waals surface area contributed by atoms with Gasteiger partial charge in [0.05, 0.1) is 11.9 Å². The summed E-state index contributed by atoms with van der Waals surface area (Å²) in [5.41, 5.74) is 2.03. The summed E-state index contributed by atoms with van der Waals surface area (Å²) >= 11 is 6.06. The molecule has 4 nitrogen and oxygen atoms in total. The molecule has 2 heterocycles. The molecule has 2 rings (SSSR count). The van der Waals surface area contributed by atoms with Crippen LogP contribution in [-0.4, -0.2) is 19.7 Å². The Morgan fingerprint density at radius 2 is 2.06 bits per heavy atom. The van der Waals surface area contributed by atoms with Crippen LogP contribution in [0.2, 0.25) is 5.28 Å². The molecule has 0 spiro atoms. The fraction of sp³-hybridized carbons (Fsp3) is 0.364. The van der Waals surface area contributed by atoms with Crippen LogP contribution in [0.1, 0.15) is 31.2 Å². The van der Waals surface area contributed by atoms with E-state index in [0.717, 1.165) is 17.1 Å². The summed E-state index contributed by atoms with van der Waals surface area (Å²) in [6.45, 7) is 6.13. The lowest BCUT2D eigenvalue weighted by molar-refractivity contribution is 0.743. The molecule has 0 N–H and O–H groups in total. The van der Waals surface area contributed by atoms with Gasteiger partial charge in [0.25, 0.3) is 0 Å². The number of pyridine rings is 1. The minimum Gasteiger partial charge on any atom is -0.268 e. The van der Waals surface area contributed by atoms with Crippen LogP contribution in [0.25, 0.3) is 5.69 Å². The fourth-order valence-electron chi connectivity index (χ4n) is 1.56. The number of hydrogen-bond donors (Lipinski definition) is 0. The lowest BCUT2D eigenvalue weighted by atomic mass is 10.2. The van der Waals surface area contributed by atoms with Crippen molar-refractivity contribution in [1.29, 1.82) is 0 Å². The molecule has 0 radical (unpaired) electrons. The van der Waals surface area contributed by atoms with Gasteiger partial charge in [-0.05, 0) is 30.2 Å². The first-order chi connectivity index (χ1) is 7.61. The first-order valence-corrected chi connectivity index (χ1v) is 5.51. The van der Waals surface area contributed by atoms with Crippen LogP contribution in [0.5, 0.6) is 0 Å². The van der Waals surface area contributed by atoms with Crippen LogP contribution in [0.3, 0.4) is 0 Å². The fourth-order valence-corrected chi connectivity index (χ4v) is 1.78. The van der Waals surface area contributed by atoms with Gasteiger partial charge in [-0.25, -0.2) is 0 Å². The van der Waals surface area contributed by atoms with Crippen molar-refractivity contribution in [2.24, 2.45) is 0 Å². The highest BCUT2D eigenvalue weighted by atomic mass is 35.5. The van der Waals surface area contributed by atoms with Gasteiger partial charge in [-0.1, -0.05) is 13.8 Å². The van der Waals surface area contributed by atoms with Gasteiger partial charge in [-0.3, -0.25) is 9.55 Å². The van der Waals surface area contributed by atoms with E-state index < -0.39 is 0 Å². The molecule has 0 aliphatic carbocycles. The van der Waals surface area contributed by atoms with Crippen molar-refractivity contribution in [2.75, 3.05) is 0 Å². The molecule has 2 aromatic rings. The Hall–Kier alpha value is -1.42. The van der Waals surface area contributed by atoms with Crippen molar-refractivity contribution in [3.8, 4) is 5.69 Å². The van der Waals surface area contributed by atoms with Crippen LogP contribution in [0, 0.1) is 6.92 Å². The van der Waals surface area contributed by atoms with Gasteiger partial charge in [0.2, 0.25) is 5.28 Å². The average molecular weight is 237 g/mol. The van der Waals surface area contributed by atoms with E-state index in [9.17, 15) is 0 Å². The molecule has 84 valence electrons. The third-order valence-corrected chi connectivity index (χ3v) is 2.66. The minimum atomic E-state index is 0.264. The van der Waals surface area contributed by atoms with E-state index >= 15 is 0 Å². The normalized spacial score (nSPS) is 11.1. The van der Waals surface area contributed by atoms with E-state index in [2.05, 4.69) is 29.0 Å². The summed E-state index contributed by atoms with van der Waals surface area (Å²) in [6, 6.07) is 1.94. The van der Waals surface area contributed by atoms with Gasteiger partial charge in [-0.2, -0.15) is 0 Å². The molecule has 0 aliphatic heterocycles. The summed E-state index contributed by atoms with van der Waals surface area (Å²) in [5, 5.41) is 8.37. The van der Waals surface area contributed by atoms with E-state index in [0.29, 0.717) is 5.28 Å². The Labute approximate surface area is 99.3 Å². The molecule has 0 aromatic carbocycles. The molecule has 0 aliphatic rings. The first kappa shape index (κ1) is 11.1. The zero-order valence-electron chi connectivity index (χ0n) is 9.48. The lowest BCUT2D eigenvalue weighted by Gasteiger charge is -2.11. The number of hydrogen-bond acceptors (Lipinski definition) is 3. The van der Waals surface area contributed by atoms with E-state index in [1.165, 1.54) is 0 Å².